The van der Waals surface area contributed by atoms with Gasteiger partial charge in [-0.05, 0) is 25.0 Å². The number of ether oxygens (including phenoxy) is 1. The van der Waals surface area contributed by atoms with E-state index in [1.807, 2.05) is 24.3 Å². The molecule has 1 aromatic heterocycles. The van der Waals surface area contributed by atoms with Gasteiger partial charge in [0.1, 0.15) is 6.04 Å². The third-order valence-corrected chi connectivity index (χ3v) is 5.11. The lowest BCUT2D eigenvalue weighted by atomic mass is 9.86. The molecule has 2 aliphatic heterocycles. The Morgan fingerprint density at radius 3 is 2.76 bits per heavy atom. The van der Waals surface area contributed by atoms with Gasteiger partial charge in [-0.1, -0.05) is 24.3 Å². The number of methoxy groups -OCH3 is 1. The van der Waals surface area contributed by atoms with Gasteiger partial charge in [0, 0.05) is 23.0 Å². The number of rotatable bonds is 2. The lowest BCUT2D eigenvalue weighted by molar-refractivity contribution is -0.155. The highest BCUT2D eigenvalue weighted by Crippen LogP contribution is 2.42. The molecular weight excluding hydrogens is 320 g/mol. The Balaban J connectivity index is 1.90. The number of Topliss-reactive ketones (excluding diaryl/α,β-unsaturated/α-hetero) is 1. The highest BCUT2D eigenvalue weighted by atomic mass is 16.5. The van der Waals surface area contributed by atoms with Crippen LogP contribution in [0.2, 0.25) is 0 Å². The average Bonchev–Trinajstić information content (AvgIpc) is 2.99. The summed E-state index contributed by atoms with van der Waals surface area (Å²) >= 11 is 0. The number of carbonyl (C=O) groups is 3. The Bertz CT molecular complexity index is 940. The van der Waals surface area contributed by atoms with E-state index in [2.05, 4.69) is 4.98 Å². The van der Waals surface area contributed by atoms with Crippen LogP contribution in [0.5, 0.6) is 0 Å². The standard InChI is InChI=1S/C19H18N2O4/c1-10(22)11-7-8-15-17-13(12-5-3-4-6-14(12)20-17)9-16(19(24)25-2)21(15)18(11)23/h3-7,15-16,20H,8-9H2,1-2H3/t15-,16+/m1/s1. The van der Waals surface area contributed by atoms with Crippen molar-refractivity contribution in [2.75, 3.05) is 7.11 Å². The van der Waals surface area contributed by atoms with Crippen LogP contribution in [-0.2, 0) is 25.5 Å². The molecule has 3 heterocycles. The molecule has 2 atom stereocenters. The third-order valence-electron chi connectivity index (χ3n) is 5.11. The number of H-pyrrole nitrogens is 1. The van der Waals surface area contributed by atoms with E-state index >= 15 is 0 Å². The largest absolute Gasteiger partial charge is 0.467 e. The predicted molar refractivity (Wildman–Crippen MR) is 90.8 cm³/mol. The van der Waals surface area contributed by atoms with Gasteiger partial charge in [0.25, 0.3) is 5.91 Å². The number of benzene rings is 1. The van der Waals surface area contributed by atoms with Crippen molar-refractivity contribution in [1.29, 1.82) is 0 Å². The number of hydrogen-bond acceptors (Lipinski definition) is 4. The number of aromatic amines is 1. The van der Waals surface area contributed by atoms with Crippen molar-refractivity contribution in [2.45, 2.75) is 31.8 Å². The second-order valence-corrected chi connectivity index (χ2v) is 6.44. The van der Waals surface area contributed by atoms with Gasteiger partial charge in [0.2, 0.25) is 0 Å². The van der Waals surface area contributed by atoms with Crippen LogP contribution in [0.3, 0.4) is 0 Å². The molecule has 1 aromatic carbocycles. The Kier molecular flexibility index (Phi) is 3.49. The number of aromatic nitrogens is 1. The first-order chi connectivity index (χ1) is 12.0. The van der Waals surface area contributed by atoms with E-state index in [1.54, 1.807) is 6.08 Å². The molecule has 1 amide bonds. The van der Waals surface area contributed by atoms with Gasteiger partial charge in [-0.25, -0.2) is 4.79 Å². The second kappa shape index (κ2) is 5.58. The second-order valence-electron chi connectivity index (χ2n) is 6.44. The fourth-order valence-electron chi connectivity index (χ4n) is 3.97. The van der Waals surface area contributed by atoms with Crippen molar-refractivity contribution in [3.63, 3.8) is 0 Å². The van der Waals surface area contributed by atoms with E-state index in [-0.39, 0.29) is 17.4 Å². The molecule has 2 aliphatic rings. The van der Waals surface area contributed by atoms with E-state index in [0.29, 0.717) is 12.8 Å². The van der Waals surface area contributed by atoms with E-state index < -0.39 is 17.9 Å². The number of nitrogens with one attached hydrogen (secondary N) is 1. The molecule has 0 saturated carbocycles. The molecule has 0 bridgehead atoms. The average molecular weight is 338 g/mol. The van der Waals surface area contributed by atoms with Crippen molar-refractivity contribution in [1.82, 2.24) is 9.88 Å². The Morgan fingerprint density at radius 2 is 2.04 bits per heavy atom. The van der Waals surface area contributed by atoms with Crippen LogP contribution in [0, 0.1) is 0 Å². The maximum Gasteiger partial charge on any atom is 0.328 e. The zero-order chi connectivity index (χ0) is 17.7. The molecule has 0 unspecified atom stereocenters. The molecule has 1 N–H and O–H groups in total. The number of nitrogens with zero attached hydrogens (tertiary/aromatic N) is 1. The van der Waals surface area contributed by atoms with Crippen molar-refractivity contribution < 1.29 is 19.1 Å². The van der Waals surface area contributed by atoms with Gasteiger partial charge >= 0.3 is 5.97 Å². The van der Waals surface area contributed by atoms with Crippen LogP contribution in [0.1, 0.15) is 30.6 Å². The van der Waals surface area contributed by atoms with Crippen molar-refractivity contribution >= 4 is 28.6 Å². The Hall–Kier alpha value is -2.89. The minimum Gasteiger partial charge on any atom is -0.467 e. The normalized spacial score (nSPS) is 22.2. The van der Waals surface area contributed by atoms with Gasteiger partial charge in [0.05, 0.1) is 18.7 Å². The Morgan fingerprint density at radius 1 is 1.28 bits per heavy atom. The zero-order valence-corrected chi connectivity index (χ0v) is 14.0. The smallest absolute Gasteiger partial charge is 0.328 e. The molecule has 0 radical (unpaired) electrons. The summed E-state index contributed by atoms with van der Waals surface area (Å²) in [5.41, 5.74) is 3.10. The Labute approximate surface area is 144 Å². The molecule has 6 nitrogen and oxygen atoms in total. The SMILES string of the molecule is COC(=O)[C@@H]1Cc2c([nH]c3ccccc23)[C@H]2CC=C(C(C)=O)C(=O)N21. The van der Waals surface area contributed by atoms with Crippen molar-refractivity contribution in [3.05, 3.63) is 47.2 Å². The molecule has 0 saturated heterocycles. The van der Waals surface area contributed by atoms with Crippen molar-refractivity contribution in [3.8, 4) is 0 Å². The minimum absolute atomic E-state index is 0.143. The summed E-state index contributed by atoms with van der Waals surface area (Å²) in [7, 11) is 1.32. The van der Waals surface area contributed by atoms with Crippen LogP contribution in [-0.4, -0.2) is 40.7 Å². The number of esters is 1. The molecule has 0 fully saturated rings. The summed E-state index contributed by atoms with van der Waals surface area (Å²) in [6, 6.07) is 6.87. The topological polar surface area (TPSA) is 79.5 Å². The van der Waals surface area contributed by atoms with Gasteiger partial charge in [-0.3, -0.25) is 9.59 Å². The number of ketones is 1. The fourth-order valence-corrected chi connectivity index (χ4v) is 3.97. The summed E-state index contributed by atoms with van der Waals surface area (Å²) in [6.45, 7) is 1.37. The van der Waals surface area contributed by atoms with Gasteiger partial charge < -0.3 is 14.6 Å². The number of amides is 1. The highest BCUT2D eigenvalue weighted by molar-refractivity contribution is 6.19. The van der Waals surface area contributed by atoms with Crippen LogP contribution in [0.25, 0.3) is 10.9 Å². The fraction of sp³-hybridized carbons (Fsp3) is 0.316. The first kappa shape index (κ1) is 15.6. The van der Waals surface area contributed by atoms with E-state index in [1.165, 1.54) is 18.9 Å². The molecule has 2 aromatic rings. The van der Waals surface area contributed by atoms with Gasteiger partial charge in [-0.2, -0.15) is 0 Å². The van der Waals surface area contributed by atoms with Crippen LogP contribution in [0.4, 0.5) is 0 Å². The molecule has 0 aliphatic carbocycles. The summed E-state index contributed by atoms with van der Waals surface area (Å²) < 4.78 is 4.94. The summed E-state index contributed by atoms with van der Waals surface area (Å²) in [6.07, 6.45) is 2.55. The monoisotopic (exact) mass is 338 g/mol. The van der Waals surface area contributed by atoms with Gasteiger partial charge in [-0.15, -0.1) is 0 Å². The predicted octanol–water partition coefficient (Wildman–Crippen LogP) is 2.05. The first-order valence-corrected chi connectivity index (χ1v) is 8.24. The summed E-state index contributed by atoms with van der Waals surface area (Å²) in [5, 5.41) is 1.06. The molecule has 4 rings (SSSR count). The molecule has 0 spiro atoms. The minimum atomic E-state index is -0.725. The summed E-state index contributed by atoms with van der Waals surface area (Å²) in [4.78, 5) is 41.9. The quantitative estimate of drug-likeness (QED) is 0.671. The lowest BCUT2D eigenvalue weighted by Gasteiger charge is -2.42. The van der Waals surface area contributed by atoms with Crippen LogP contribution >= 0.6 is 0 Å². The highest BCUT2D eigenvalue weighted by Gasteiger charge is 2.46. The summed E-state index contributed by atoms with van der Waals surface area (Å²) in [5.74, 6) is -1.14. The third kappa shape index (κ3) is 2.21. The molecular formula is C19H18N2O4. The van der Waals surface area contributed by atoms with E-state index in [9.17, 15) is 14.4 Å². The number of carbonyl (C=O) groups excluding carboxylic acids is 3. The van der Waals surface area contributed by atoms with Crippen molar-refractivity contribution in [2.24, 2.45) is 0 Å². The molecule has 128 valence electrons. The van der Waals surface area contributed by atoms with E-state index in [4.69, 9.17) is 4.74 Å². The van der Waals surface area contributed by atoms with Crippen LogP contribution < -0.4 is 0 Å². The first-order valence-electron chi connectivity index (χ1n) is 8.24. The van der Waals surface area contributed by atoms with Gasteiger partial charge in [0.15, 0.2) is 5.78 Å². The number of para-hydroxylation sites is 1. The van der Waals surface area contributed by atoms with Crippen LogP contribution in [0.15, 0.2) is 35.9 Å². The zero-order valence-electron chi connectivity index (χ0n) is 14.0. The molecule has 25 heavy (non-hydrogen) atoms. The lowest BCUT2D eigenvalue weighted by Crippen LogP contribution is -2.53. The molecule has 6 heteroatoms. The number of hydrogen-bond donors (Lipinski definition) is 1. The van der Waals surface area contributed by atoms with E-state index in [0.717, 1.165) is 22.2 Å². The number of fused-ring (bicyclic) bond motifs is 5. The maximum atomic E-state index is 12.9. The maximum absolute atomic E-state index is 12.9.